The number of amides is 1. The van der Waals surface area contributed by atoms with Gasteiger partial charge in [0.25, 0.3) is 0 Å². The van der Waals surface area contributed by atoms with E-state index in [4.69, 9.17) is 0 Å². The van der Waals surface area contributed by atoms with Gasteiger partial charge in [-0.1, -0.05) is 61.3 Å². The molecule has 2 unspecified atom stereocenters. The van der Waals surface area contributed by atoms with Crippen molar-refractivity contribution in [3.8, 4) is 0 Å². The third-order valence-electron chi connectivity index (χ3n) is 4.59. The SMILES string of the molecule is CC.CCCC(CCC)N(C(=O)CC(C)C)C1NC=C(CC)C(C)N1. The smallest absolute Gasteiger partial charge is 0.225 e. The molecule has 4 heteroatoms. The van der Waals surface area contributed by atoms with Crippen molar-refractivity contribution in [3.05, 3.63) is 11.8 Å². The molecule has 2 N–H and O–H groups in total. The lowest BCUT2D eigenvalue weighted by atomic mass is 10.0. The molecule has 0 aliphatic carbocycles. The van der Waals surface area contributed by atoms with Crippen LogP contribution in [0.1, 0.15) is 93.9 Å². The molecule has 4 nitrogen and oxygen atoms in total. The van der Waals surface area contributed by atoms with Gasteiger partial charge in [-0.05, 0) is 43.9 Å². The van der Waals surface area contributed by atoms with Gasteiger partial charge >= 0.3 is 0 Å². The first kappa shape index (κ1) is 24.0. The molecule has 0 fully saturated rings. The van der Waals surface area contributed by atoms with Crippen molar-refractivity contribution in [1.29, 1.82) is 0 Å². The minimum absolute atomic E-state index is 0.0883. The van der Waals surface area contributed by atoms with Gasteiger partial charge in [0.05, 0.1) is 0 Å². The molecule has 0 bridgehead atoms. The summed E-state index contributed by atoms with van der Waals surface area (Å²) in [5.41, 5.74) is 1.36. The number of nitrogens with one attached hydrogen (secondary N) is 2. The van der Waals surface area contributed by atoms with Crippen molar-refractivity contribution in [3.63, 3.8) is 0 Å². The Kier molecular flexibility index (Phi) is 12.7. The summed E-state index contributed by atoms with van der Waals surface area (Å²) in [5, 5.41) is 7.03. The largest absolute Gasteiger partial charge is 0.359 e. The van der Waals surface area contributed by atoms with E-state index in [9.17, 15) is 4.79 Å². The Labute approximate surface area is 156 Å². The van der Waals surface area contributed by atoms with Gasteiger partial charge in [-0.15, -0.1) is 0 Å². The first-order valence-corrected chi connectivity index (χ1v) is 10.5. The van der Waals surface area contributed by atoms with Crippen LogP contribution in [0, 0.1) is 5.92 Å². The standard InChI is InChI=1S/C19H37N3O.C2H6/c1-7-10-17(11-8-2)22(18(23)12-14(4)5)19-20-13-16(9-3)15(6)21-19;1-2/h13-15,17,19-21H,7-12H2,1-6H3;1-2H3. The predicted octanol–water partition coefficient (Wildman–Crippen LogP) is 5.01. The lowest BCUT2D eigenvalue weighted by Gasteiger charge is -2.42. The third kappa shape index (κ3) is 7.81. The topological polar surface area (TPSA) is 44.4 Å². The van der Waals surface area contributed by atoms with Crippen LogP contribution in [-0.4, -0.2) is 29.2 Å². The zero-order valence-corrected chi connectivity index (χ0v) is 18.0. The van der Waals surface area contributed by atoms with Gasteiger partial charge in [-0.3, -0.25) is 10.1 Å². The normalized spacial score (nSPS) is 19.8. The molecule has 0 saturated heterocycles. The number of hydrogen-bond acceptors (Lipinski definition) is 3. The molecule has 148 valence electrons. The molecule has 0 saturated carbocycles. The Morgan fingerprint density at radius 2 is 1.72 bits per heavy atom. The number of hydrogen-bond donors (Lipinski definition) is 2. The summed E-state index contributed by atoms with van der Waals surface area (Å²) in [6, 6.07) is 0.620. The van der Waals surface area contributed by atoms with E-state index in [2.05, 4.69) is 63.3 Å². The minimum Gasteiger partial charge on any atom is -0.359 e. The van der Waals surface area contributed by atoms with Crippen LogP contribution in [-0.2, 0) is 4.79 Å². The maximum Gasteiger partial charge on any atom is 0.225 e. The molecular weight excluding hydrogens is 310 g/mol. The van der Waals surface area contributed by atoms with E-state index >= 15 is 0 Å². The molecule has 1 aliphatic rings. The van der Waals surface area contributed by atoms with E-state index in [1.54, 1.807) is 0 Å². The summed E-state index contributed by atoms with van der Waals surface area (Å²) < 4.78 is 0. The van der Waals surface area contributed by atoms with Crippen molar-refractivity contribution >= 4 is 5.91 Å². The molecule has 2 atom stereocenters. The fraction of sp³-hybridized carbons (Fsp3) is 0.857. The van der Waals surface area contributed by atoms with Crippen molar-refractivity contribution < 1.29 is 4.79 Å². The van der Waals surface area contributed by atoms with E-state index in [1.165, 1.54) is 5.57 Å². The summed E-state index contributed by atoms with van der Waals surface area (Å²) in [6.07, 6.45) is 8.00. The number of carbonyl (C=O) groups excluding carboxylic acids is 1. The van der Waals surface area contributed by atoms with Gasteiger partial charge in [0, 0.05) is 18.5 Å². The lowest BCUT2D eigenvalue weighted by Crippen LogP contribution is -2.63. The average Bonchev–Trinajstić information content (AvgIpc) is 2.57. The highest BCUT2D eigenvalue weighted by Gasteiger charge is 2.32. The molecule has 0 aromatic carbocycles. The van der Waals surface area contributed by atoms with Crippen LogP contribution in [0.2, 0.25) is 0 Å². The molecule has 0 aromatic heterocycles. The second-order valence-electron chi connectivity index (χ2n) is 7.16. The van der Waals surface area contributed by atoms with Crippen LogP contribution >= 0.6 is 0 Å². The molecule has 1 aliphatic heterocycles. The average molecular weight is 354 g/mol. The summed E-state index contributed by atoms with van der Waals surface area (Å²) >= 11 is 0. The fourth-order valence-corrected chi connectivity index (χ4v) is 3.37. The molecule has 0 aromatic rings. The second-order valence-corrected chi connectivity index (χ2v) is 7.16. The van der Waals surface area contributed by atoms with E-state index in [-0.39, 0.29) is 12.2 Å². The van der Waals surface area contributed by atoms with Gasteiger partial charge in [-0.2, -0.15) is 0 Å². The highest BCUT2D eigenvalue weighted by atomic mass is 16.2. The molecule has 1 rings (SSSR count). The molecule has 0 spiro atoms. The molecule has 0 radical (unpaired) electrons. The lowest BCUT2D eigenvalue weighted by molar-refractivity contribution is -0.139. The Balaban J connectivity index is 0.00000277. The van der Waals surface area contributed by atoms with E-state index in [0.29, 0.717) is 24.4 Å². The Hall–Kier alpha value is -1.03. The van der Waals surface area contributed by atoms with Crippen molar-refractivity contribution in [2.45, 2.75) is 112 Å². The van der Waals surface area contributed by atoms with E-state index < -0.39 is 0 Å². The summed E-state index contributed by atoms with van der Waals surface area (Å²) in [7, 11) is 0. The van der Waals surface area contributed by atoms with Crippen LogP contribution in [0.5, 0.6) is 0 Å². The van der Waals surface area contributed by atoms with E-state index in [1.807, 2.05) is 13.8 Å². The van der Waals surface area contributed by atoms with Crippen LogP contribution < -0.4 is 10.6 Å². The van der Waals surface area contributed by atoms with Crippen LogP contribution in [0.25, 0.3) is 0 Å². The van der Waals surface area contributed by atoms with Gasteiger partial charge in [0.2, 0.25) is 5.91 Å². The first-order chi connectivity index (χ1) is 11.9. The summed E-state index contributed by atoms with van der Waals surface area (Å²) in [4.78, 5) is 15.0. The molecular formula is C21H43N3O. The Morgan fingerprint density at radius 3 is 2.12 bits per heavy atom. The van der Waals surface area contributed by atoms with Gasteiger partial charge in [0.1, 0.15) is 0 Å². The molecule has 25 heavy (non-hydrogen) atoms. The van der Waals surface area contributed by atoms with E-state index in [0.717, 1.165) is 32.1 Å². The van der Waals surface area contributed by atoms with Crippen LogP contribution in [0.4, 0.5) is 0 Å². The van der Waals surface area contributed by atoms with Crippen molar-refractivity contribution in [1.82, 2.24) is 15.5 Å². The number of nitrogens with zero attached hydrogens (tertiary/aromatic N) is 1. The highest BCUT2D eigenvalue weighted by molar-refractivity contribution is 5.77. The van der Waals surface area contributed by atoms with Crippen molar-refractivity contribution in [2.75, 3.05) is 0 Å². The van der Waals surface area contributed by atoms with Gasteiger partial charge in [0.15, 0.2) is 6.29 Å². The molecule has 1 amide bonds. The quantitative estimate of drug-likeness (QED) is 0.612. The second kappa shape index (κ2) is 13.2. The highest BCUT2D eigenvalue weighted by Crippen LogP contribution is 2.21. The Morgan fingerprint density at radius 1 is 1.16 bits per heavy atom. The summed E-state index contributed by atoms with van der Waals surface area (Å²) in [6.45, 7) is 17.0. The van der Waals surface area contributed by atoms with Gasteiger partial charge in [-0.25, -0.2) is 0 Å². The fourth-order valence-electron chi connectivity index (χ4n) is 3.37. The third-order valence-corrected chi connectivity index (χ3v) is 4.59. The van der Waals surface area contributed by atoms with Crippen LogP contribution in [0.15, 0.2) is 11.8 Å². The van der Waals surface area contributed by atoms with Crippen LogP contribution in [0.3, 0.4) is 0 Å². The molecule has 1 heterocycles. The Bertz CT molecular complexity index is 387. The van der Waals surface area contributed by atoms with Crippen molar-refractivity contribution in [2.24, 2.45) is 5.92 Å². The number of rotatable bonds is 9. The maximum atomic E-state index is 12.9. The first-order valence-electron chi connectivity index (χ1n) is 10.5. The zero-order chi connectivity index (χ0) is 19.4. The summed E-state index contributed by atoms with van der Waals surface area (Å²) in [5.74, 6) is 0.647. The van der Waals surface area contributed by atoms with Gasteiger partial charge < -0.3 is 10.2 Å². The predicted molar refractivity (Wildman–Crippen MR) is 109 cm³/mol. The minimum atomic E-state index is -0.0883. The monoisotopic (exact) mass is 353 g/mol. The maximum absolute atomic E-state index is 12.9. The zero-order valence-electron chi connectivity index (χ0n) is 18.0. The number of carbonyl (C=O) groups is 1.